The molecule has 0 saturated carbocycles. The van der Waals surface area contributed by atoms with Gasteiger partial charge in [0.05, 0.1) is 7.11 Å². The van der Waals surface area contributed by atoms with Gasteiger partial charge in [0.1, 0.15) is 5.75 Å². The van der Waals surface area contributed by atoms with E-state index in [4.69, 9.17) is 4.74 Å². The number of methoxy groups -OCH3 is 1. The van der Waals surface area contributed by atoms with Crippen LogP contribution < -0.4 is 15.4 Å². The molecular formula is C18H20N2O3. The van der Waals surface area contributed by atoms with E-state index < -0.39 is 0 Å². The molecule has 120 valence electrons. The van der Waals surface area contributed by atoms with Gasteiger partial charge in [0, 0.05) is 23.9 Å². The number of aryl methyl sites for hydroxylation is 2. The van der Waals surface area contributed by atoms with Crippen molar-refractivity contribution in [1.29, 1.82) is 0 Å². The van der Waals surface area contributed by atoms with Gasteiger partial charge in [-0.05, 0) is 55.3 Å². The van der Waals surface area contributed by atoms with Crippen LogP contribution in [0.5, 0.6) is 5.75 Å². The summed E-state index contributed by atoms with van der Waals surface area (Å²) in [6.45, 7) is 5.25. The van der Waals surface area contributed by atoms with Crippen molar-refractivity contribution < 1.29 is 14.3 Å². The summed E-state index contributed by atoms with van der Waals surface area (Å²) in [5.41, 5.74) is 3.77. The van der Waals surface area contributed by atoms with Gasteiger partial charge in [-0.1, -0.05) is 6.07 Å². The molecule has 2 amide bonds. The average Bonchev–Trinajstić information content (AvgIpc) is 2.50. The van der Waals surface area contributed by atoms with Crippen molar-refractivity contribution in [2.24, 2.45) is 0 Å². The van der Waals surface area contributed by atoms with Crippen molar-refractivity contribution in [3.8, 4) is 5.75 Å². The minimum atomic E-state index is -0.213. The molecule has 0 radical (unpaired) electrons. The van der Waals surface area contributed by atoms with Crippen molar-refractivity contribution in [3.63, 3.8) is 0 Å². The summed E-state index contributed by atoms with van der Waals surface area (Å²) >= 11 is 0. The average molecular weight is 312 g/mol. The molecule has 0 unspecified atom stereocenters. The number of hydrogen-bond acceptors (Lipinski definition) is 3. The zero-order chi connectivity index (χ0) is 17.0. The second kappa shape index (κ2) is 6.96. The highest BCUT2D eigenvalue weighted by atomic mass is 16.5. The lowest BCUT2D eigenvalue weighted by atomic mass is 10.1. The standard InChI is InChI=1S/C18H20N2O3/c1-11-5-6-14(10-17(11)23-4)18(22)20-15-7-8-16(12(2)9-15)19-13(3)21/h5-10H,1-4H3,(H,19,21)(H,20,22). The number of anilines is 2. The Kier molecular flexibility index (Phi) is 5.01. The van der Waals surface area contributed by atoms with Crippen molar-refractivity contribution in [3.05, 3.63) is 53.1 Å². The van der Waals surface area contributed by atoms with Gasteiger partial charge >= 0.3 is 0 Å². The first-order valence-corrected chi connectivity index (χ1v) is 7.25. The molecule has 0 aromatic heterocycles. The highest BCUT2D eigenvalue weighted by Crippen LogP contribution is 2.22. The van der Waals surface area contributed by atoms with Gasteiger partial charge in [0.2, 0.25) is 5.91 Å². The van der Waals surface area contributed by atoms with Crippen LogP contribution in [-0.2, 0) is 4.79 Å². The van der Waals surface area contributed by atoms with Crippen LogP contribution >= 0.6 is 0 Å². The fourth-order valence-electron chi connectivity index (χ4n) is 2.24. The van der Waals surface area contributed by atoms with Crippen molar-refractivity contribution in [2.45, 2.75) is 20.8 Å². The van der Waals surface area contributed by atoms with E-state index in [-0.39, 0.29) is 11.8 Å². The number of carbonyl (C=O) groups excluding carboxylic acids is 2. The van der Waals surface area contributed by atoms with Crippen LogP contribution in [0.4, 0.5) is 11.4 Å². The summed E-state index contributed by atoms with van der Waals surface area (Å²) in [6, 6.07) is 10.6. The number of hydrogen-bond donors (Lipinski definition) is 2. The third-order valence-electron chi connectivity index (χ3n) is 3.47. The van der Waals surface area contributed by atoms with E-state index in [0.717, 1.165) is 16.8 Å². The summed E-state index contributed by atoms with van der Waals surface area (Å²) in [5, 5.41) is 5.58. The number of benzene rings is 2. The molecule has 5 nitrogen and oxygen atoms in total. The molecule has 0 aliphatic rings. The molecule has 0 spiro atoms. The van der Waals surface area contributed by atoms with E-state index in [1.807, 2.05) is 26.0 Å². The maximum atomic E-state index is 12.3. The van der Waals surface area contributed by atoms with E-state index in [1.54, 1.807) is 31.4 Å². The van der Waals surface area contributed by atoms with Crippen LogP contribution in [0.25, 0.3) is 0 Å². The number of nitrogens with one attached hydrogen (secondary N) is 2. The molecule has 2 N–H and O–H groups in total. The molecule has 0 aliphatic heterocycles. The lowest BCUT2D eigenvalue weighted by Gasteiger charge is -2.11. The second-order valence-electron chi connectivity index (χ2n) is 5.35. The summed E-state index contributed by atoms with van der Waals surface area (Å²) in [5.74, 6) is 0.335. The lowest BCUT2D eigenvalue weighted by Crippen LogP contribution is -2.13. The van der Waals surface area contributed by atoms with Crippen LogP contribution in [0.1, 0.15) is 28.4 Å². The Bertz CT molecular complexity index is 754. The minimum Gasteiger partial charge on any atom is -0.496 e. The topological polar surface area (TPSA) is 67.4 Å². The smallest absolute Gasteiger partial charge is 0.255 e. The van der Waals surface area contributed by atoms with Crippen LogP contribution in [-0.4, -0.2) is 18.9 Å². The quantitative estimate of drug-likeness (QED) is 0.907. The van der Waals surface area contributed by atoms with Crippen LogP contribution in [0, 0.1) is 13.8 Å². The van der Waals surface area contributed by atoms with Crippen LogP contribution in [0.2, 0.25) is 0 Å². The Labute approximate surface area is 135 Å². The zero-order valence-corrected chi connectivity index (χ0v) is 13.7. The predicted molar refractivity (Wildman–Crippen MR) is 91.2 cm³/mol. The van der Waals surface area contributed by atoms with Gasteiger partial charge in [-0.15, -0.1) is 0 Å². The molecule has 0 heterocycles. The van der Waals surface area contributed by atoms with Crippen LogP contribution in [0.15, 0.2) is 36.4 Å². The van der Waals surface area contributed by atoms with Gasteiger partial charge in [-0.25, -0.2) is 0 Å². The molecule has 23 heavy (non-hydrogen) atoms. The largest absolute Gasteiger partial charge is 0.496 e. The maximum Gasteiger partial charge on any atom is 0.255 e. The highest BCUT2D eigenvalue weighted by Gasteiger charge is 2.10. The first-order chi connectivity index (χ1) is 10.9. The Morgan fingerprint density at radius 1 is 0.957 bits per heavy atom. The lowest BCUT2D eigenvalue weighted by molar-refractivity contribution is -0.114. The van der Waals surface area contributed by atoms with Gasteiger partial charge in [0.25, 0.3) is 5.91 Å². The third kappa shape index (κ3) is 4.10. The number of amides is 2. The molecule has 2 aromatic carbocycles. The van der Waals surface area contributed by atoms with E-state index in [9.17, 15) is 9.59 Å². The fourth-order valence-corrected chi connectivity index (χ4v) is 2.24. The minimum absolute atomic E-state index is 0.128. The SMILES string of the molecule is COc1cc(C(=O)Nc2ccc(NC(C)=O)c(C)c2)ccc1C. The molecular weight excluding hydrogens is 292 g/mol. The van der Waals surface area contributed by atoms with Crippen molar-refractivity contribution in [1.82, 2.24) is 0 Å². The van der Waals surface area contributed by atoms with Crippen molar-refractivity contribution >= 4 is 23.2 Å². The van der Waals surface area contributed by atoms with E-state index in [1.165, 1.54) is 6.92 Å². The maximum absolute atomic E-state index is 12.3. The normalized spacial score (nSPS) is 10.1. The van der Waals surface area contributed by atoms with Gasteiger partial charge in [0.15, 0.2) is 0 Å². The van der Waals surface area contributed by atoms with Gasteiger partial charge < -0.3 is 15.4 Å². The van der Waals surface area contributed by atoms with Gasteiger partial charge in [-0.2, -0.15) is 0 Å². The third-order valence-corrected chi connectivity index (χ3v) is 3.47. The molecule has 0 aliphatic carbocycles. The molecule has 0 saturated heterocycles. The number of ether oxygens (including phenoxy) is 1. The Balaban J connectivity index is 2.17. The Morgan fingerprint density at radius 3 is 2.30 bits per heavy atom. The zero-order valence-electron chi connectivity index (χ0n) is 13.7. The van der Waals surface area contributed by atoms with E-state index >= 15 is 0 Å². The van der Waals surface area contributed by atoms with E-state index in [0.29, 0.717) is 17.0 Å². The first kappa shape index (κ1) is 16.5. The fraction of sp³-hybridized carbons (Fsp3) is 0.222. The first-order valence-electron chi connectivity index (χ1n) is 7.25. The molecule has 2 aromatic rings. The van der Waals surface area contributed by atoms with Gasteiger partial charge in [-0.3, -0.25) is 9.59 Å². The van der Waals surface area contributed by atoms with Crippen LogP contribution in [0.3, 0.4) is 0 Å². The molecule has 0 atom stereocenters. The Morgan fingerprint density at radius 2 is 1.70 bits per heavy atom. The Hall–Kier alpha value is -2.82. The molecule has 2 rings (SSSR count). The van der Waals surface area contributed by atoms with Crippen molar-refractivity contribution in [2.75, 3.05) is 17.7 Å². The molecule has 0 fully saturated rings. The number of carbonyl (C=O) groups is 2. The number of rotatable bonds is 4. The summed E-state index contributed by atoms with van der Waals surface area (Å²) in [7, 11) is 1.58. The molecule has 0 bridgehead atoms. The second-order valence-corrected chi connectivity index (χ2v) is 5.35. The highest BCUT2D eigenvalue weighted by molar-refractivity contribution is 6.04. The predicted octanol–water partition coefficient (Wildman–Crippen LogP) is 3.52. The summed E-state index contributed by atoms with van der Waals surface area (Å²) in [6.07, 6.45) is 0. The summed E-state index contributed by atoms with van der Waals surface area (Å²) in [4.78, 5) is 23.4. The monoisotopic (exact) mass is 312 g/mol. The molecule has 5 heteroatoms. The summed E-state index contributed by atoms with van der Waals surface area (Å²) < 4.78 is 5.24. The van der Waals surface area contributed by atoms with E-state index in [2.05, 4.69) is 10.6 Å².